The number of carbonyl (C=O) groups excluding carboxylic acids is 2. The first-order valence-electron chi connectivity index (χ1n) is 8.84. The zero-order valence-electron chi connectivity index (χ0n) is 14.9. The van der Waals surface area contributed by atoms with Gasteiger partial charge in [-0.15, -0.1) is 0 Å². The maximum Gasteiger partial charge on any atom is 0.414 e. The average Bonchev–Trinajstić information content (AvgIpc) is 3.00. The van der Waals surface area contributed by atoms with Gasteiger partial charge >= 0.3 is 6.09 Å². The summed E-state index contributed by atoms with van der Waals surface area (Å²) >= 11 is 0. The third kappa shape index (κ3) is 4.70. The molecule has 0 saturated carbocycles. The number of hydrogen-bond acceptors (Lipinski definition) is 5. The highest BCUT2D eigenvalue weighted by Gasteiger charge is 2.32. The van der Waals surface area contributed by atoms with Gasteiger partial charge in [0.25, 0.3) is 0 Å². The Bertz CT molecular complexity index is 664. The van der Waals surface area contributed by atoms with E-state index in [1.165, 1.54) is 17.9 Å². The van der Waals surface area contributed by atoms with E-state index in [-0.39, 0.29) is 24.8 Å². The second-order valence-corrected chi connectivity index (χ2v) is 6.53. The minimum absolute atomic E-state index is 0.185. The van der Waals surface area contributed by atoms with Crippen molar-refractivity contribution < 1.29 is 23.5 Å². The molecule has 2 aliphatic rings. The molecule has 0 aliphatic carbocycles. The standard InChI is InChI=1S/C18H24FN3O4/c1-13(23)20-11-16-12-22(18(24)26-16)15-3-2-14(17(19)10-15)4-5-21-6-8-25-9-7-21/h2-3,10,16H,4-9,11-12H2,1H3,(H,20,23)/t16-/m0/s1. The maximum absolute atomic E-state index is 14.5. The first-order chi connectivity index (χ1) is 12.5. The normalized spacial score (nSPS) is 20.9. The van der Waals surface area contributed by atoms with Crippen LogP contribution >= 0.6 is 0 Å². The van der Waals surface area contributed by atoms with Crippen LogP contribution in [-0.2, 0) is 20.7 Å². The van der Waals surface area contributed by atoms with Crippen molar-refractivity contribution >= 4 is 17.7 Å². The summed E-state index contributed by atoms with van der Waals surface area (Å²) in [4.78, 5) is 26.6. The maximum atomic E-state index is 14.5. The number of rotatable bonds is 6. The Labute approximate surface area is 152 Å². The smallest absolute Gasteiger partial charge is 0.414 e. The Morgan fingerprint density at radius 2 is 2.12 bits per heavy atom. The van der Waals surface area contributed by atoms with Crippen molar-refractivity contribution in [3.05, 3.63) is 29.6 Å². The lowest BCUT2D eigenvalue weighted by molar-refractivity contribution is -0.119. The van der Waals surface area contributed by atoms with Gasteiger partial charge in [0.1, 0.15) is 11.9 Å². The van der Waals surface area contributed by atoms with Gasteiger partial charge in [-0.25, -0.2) is 9.18 Å². The molecule has 2 heterocycles. The average molecular weight is 365 g/mol. The highest BCUT2D eigenvalue weighted by molar-refractivity contribution is 5.89. The number of ether oxygens (including phenoxy) is 2. The van der Waals surface area contributed by atoms with Crippen LogP contribution in [0.15, 0.2) is 18.2 Å². The number of nitrogens with zero attached hydrogens (tertiary/aromatic N) is 2. The van der Waals surface area contributed by atoms with Crippen LogP contribution < -0.4 is 10.2 Å². The minimum Gasteiger partial charge on any atom is -0.442 e. The summed E-state index contributed by atoms with van der Waals surface area (Å²) < 4.78 is 25.0. The van der Waals surface area contributed by atoms with E-state index < -0.39 is 12.2 Å². The molecule has 0 bridgehead atoms. The Kier molecular flexibility index (Phi) is 6.05. The third-order valence-corrected chi connectivity index (χ3v) is 4.60. The van der Waals surface area contributed by atoms with Gasteiger partial charge in [-0.1, -0.05) is 6.07 Å². The lowest BCUT2D eigenvalue weighted by Crippen LogP contribution is -2.37. The van der Waals surface area contributed by atoms with Crippen LogP contribution in [0.4, 0.5) is 14.9 Å². The van der Waals surface area contributed by atoms with E-state index in [4.69, 9.17) is 9.47 Å². The molecule has 142 valence electrons. The van der Waals surface area contributed by atoms with Crippen molar-refractivity contribution in [3.8, 4) is 0 Å². The van der Waals surface area contributed by atoms with Crippen LogP contribution in [0.5, 0.6) is 0 Å². The third-order valence-electron chi connectivity index (χ3n) is 4.60. The lowest BCUT2D eigenvalue weighted by Gasteiger charge is -2.26. The first-order valence-corrected chi connectivity index (χ1v) is 8.84. The fourth-order valence-corrected chi connectivity index (χ4v) is 3.11. The van der Waals surface area contributed by atoms with E-state index in [0.29, 0.717) is 17.7 Å². The molecule has 1 N–H and O–H groups in total. The molecule has 2 aliphatic heterocycles. The minimum atomic E-state index is -0.527. The van der Waals surface area contributed by atoms with Crippen molar-refractivity contribution in [1.29, 1.82) is 0 Å². The van der Waals surface area contributed by atoms with Gasteiger partial charge in [0.15, 0.2) is 0 Å². The highest BCUT2D eigenvalue weighted by atomic mass is 19.1. The fraction of sp³-hybridized carbons (Fsp3) is 0.556. The summed E-state index contributed by atoms with van der Waals surface area (Å²) in [5.41, 5.74) is 1.09. The molecule has 0 aromatic heterocycles. The van der Waals surface area contributed by atoms with Gasteiger partial charge < -0.3 is 14.8 Å². The van der Waals surface area contributed by atoms with Gasteiger partial charge in [-0.2, -0.15) is 0 Å². The molecular weight excluding hydrogens is 341 g/mol. The highest BCUT2D eigenvalue weighted by Crippen LogP contribution is 2.24. The van der Waals surface area contributed by atoms with Crippen LogP contribution in [0.3, 0.4) is 0 Å². The Hall–Kier alpha value is -2.19. The van der Waals surface area contributed by atoms with Crippen LogP contribution in [0.25, 0.3) is 0 Å². The van der Waals surface area contributed by atoms with Crippen LogP contribution in [-0.4, -0.2) is 68.9 Å². The number of cyclic esters (lactones) is 1. The van der Waals surface area contributed by atoms with Gasteiger partial charge in [0, 0.05) is 26.6 Å². The molecule has 1 aromatic carbocycles. The summed E-state index contributed by atoms with van der Waals surface area (Å²) in [6.45, 7) is 5.90. The molecule has 1 atom stereocenters. The number of halogens is 1. The van der Waals surface area contributed by atoms with Crippen molar-refractivity contribution in [1.82, 2.24) is 10.2 Å². The van der Waals surface area contributed by atoms with Crippen LogP contribution in [0.2, 0.25) is 0 Å². The Morgan fingerprint density at radius 1 is 1.35 bits per heavy atom. The summed E-state index contributed by atoms with van der Waals surface area (Å²) in [5, 5.41) is 2.62. The summed E-state index contributed by atoms with van der Waals surface area (Å²) in [7, 11) is 0. The fourth-order valence-electron chi connectivity index (χ4n) is 3.11. The molecule has 0 radical (unpaired) electrons. The Morgan fingerprint density at radius 3 is 2.81 bits per heavy atom. The van der Waals surface area contributed by atoms with E-state index in [2.05, 4.69) is 10.2 Å². The van der Waals surface area contributed by atoms with E-state index in [0.717, 1.165) is 32.8 Å². The molecule has 2 fully saturated rings. The summed E-state index contributed by atoms with van der Waals surface area (Å²) in [6, 6.07) is 4.83. The number of hydrogen-bond donors (Lipinski definition) is 1. The number of carbonyl (C=O) groups is 2. The van der Waals surface area contributed by atoms with Crippen molar-refractivity contribution in [3.63, 3.8) is 0 Å². The van der Waals surface area contributed by atoms with Gasteiger partial charge in [0.2, 0.25) is 5.91 Å². The molecule has 1 aromatic rings. The lowest BCUT2D eigenvalue weighted by atomic mass is 10.1. The largest absolute Gasteiger partial charge is 0.442 e. The van der Waals surface area contributed by atoms with E-state index >= 15 is 0 Å². The molecular formula is C18H24FN3O4. The second kappa shape index (κ2) is 8.46. The SMILES string of the molecule is CC(=O)NC[C@H]1CN(c2ccc(CCN3CCOCC3)c(F)c2)C(=O)O1. The zero-order valence-corrected chi connectivity index (χ0v) is 14.9. The molecule has 8 heteroatoms. The van der Waals surface area contributed by atoms with Gasteiger partial charge in [-0.05, 0) is 24.1 Å². The summed E-state index contributed by atoms with van der Waals surface area (Å²) in [5.74, 6) is -0.510. The zero-order chi connectivity index (χ0) is 18.5. The van der Waals surface area contributed by atoms with Crippen LogP contribution in [0.1, 0.15) is 12.5 Å². The molecule has 3 rings (SSSR count). The Balaban J connectivity index is 1.58. The van der Waals surface area contributed by atoms with Crippen LogP contribution in [0, 0.1) is 5.82 Å². The van der Waals surface area contributed by atoms with Crippen molar-refractivity contribution in [2.45, 2.75) is 19.4 Å². The first kappa shape index (κ1) is 18.6. The topological polar surface area (TPSA) is 71.1 Å². The summed E-state index contributed by atoms with van der Waals surface area (Å²) in [6.07, 6.45) is -0.349. The number of nitrogens with one attached hydrogen (secondary N) is 1. The van der Waals surface area contributed by atoms with Gasteiger partial charge in [-0.3, -0.25) is 14.6 Å². The van der Waals surface area contributed by atoms with E-state index in [1.807, 2.05) is 0 Å². The molecule has 0 unspecified atom stereocenters. The number of benzene rings is 1. The predicted molar refractivity (Wildman–Crippen MR) is 93.7 cm³/mol. The quantitative estimate of drug-likeness (QED) is 0.819. The molecule has 26 heavy (non-hydrogen) atoms. The molecule has 7 nitrogen and oxygen atoms in total. The van der Waals surface area contributed by atoms with Crippen molar-refractivity contribution in [2.24, 2.45) is 0 Å². The molecule has 2 amide bonds. The van der Waals surface area contributed by atoms with E-state index in [1.54, 1.807) is 12.1 Å². The molecule has 2 saturated heterocycles. The van der Waals surface area contributed by atoms with Gasteiger partial charge in [0.05, 0.1) is 32.0 Å². The second-order valence-electron chi connectivity index (χ2n) is 6.53. The number of morpholine rings is 1. The predicted octanol–water partition coefficient (Wildman–Crippen LogP) is 1.16. The monoisotopic (exact) mass is 365 g/mol. The number of amides is 2. The van der Waals surface area contributed by atoms with E-state index in [9.17, 15) is 14.0 Å². The molecule has 0 spiro atoms. The number of anilines is 1. The van der Waals surface area contributed by atoms with Crippen molar-refractivity contribution in [2.75, 3.05) is 50.8 Å².